The van der Waals surface area contributed by atoms with E-state index in [-0.39, 0.29) is 0 Å². The molecule has 7 nitrogen and oxygen atoms in total. The maximum atomic E-state index is 12.5. The van der Waals surface area contributed by atoms with Crippen LogP contribution in [0.5, 0.6) is 0 Å². The van der Waals surface area contributed by atoms with Gasteiger partial charge in [-0.3, -0.25) is 0 Å². The number of carbonyl (C=O) groups is 1. The van der Waals surface area contributed by atoms with Crippen molar-refractivity contribution in [3.8, 4) is 32.8 Å². The van der Waals surface area contributed by atoms with E-state index in [1.165, 1.54) is 17.5 Å². The number of hydrogen-bond acceptors (Lipinski definition) is 6. The summed E-state index contributed by atoms with van der Waals surface area (Å²) in [6.07, 6.45) is 1.99. The molecular formula is C30H26ClN3O4S. The van der Waals surface area contributed by atoms with Crippen LogP contribution in [-0.4, -0.2) is 31.6 Å². The van der Waals surface area contributed by atoms with Gasteiger partial charge in [-0.25, -0.2) is 19.6 Å². The standard InChI is InChI=1S/C30H26ClN3O4S/c1-16-13-22-26(39-27(34-22)19-7-5-17(6-8-19)20-14-32-29(37)33-15-20)24(18-9-11-21(31)12-10-18)23(16)25(28(35)36)38-30(2,3)4/h5-15,25H,1-4H3,(H,35,36)(H,32,33,37)/t25-/m0/s1. The average molecular weight is 560 g/mol. The lowest BCUT2D eigenvalue weighted by Gasteiger charge is -2.28. The minimum Gasteiger partial charge on any atom is -0.479 e. The van der Waals surface area contributed by atoms with Crippen molar-refractivity contribution < 1.29 is 14.6 Å². The fraction of sp³-hybridized carbons (Fsp3) is 0.200. The number of nitrogens with zero attached hydrogens (tertiary/aromatic N) is 2. The summed E-state index contributed by atoms with van der Waals surface area (Å²) in [7, 11) is 0. The van der Waals surface area contributed by atoms with Gasteiger partial charge in [-0.2, -0.15) is 0 Å². The molecule has 0 aliphatic heterocycles. The van der Waals surface area contributed by atoms with Crippen molar-refractivity contribution in [3.63, 3.8) is 0 Å². The van der Waals surface area contributed by atoms with E-state index in [9.17, 15) is 14.7 Å². The summed E-state index contributed by atoms with van der Waals surface area (Å²) in [6.45, 7) is 7.42. The van der Waals surface area contributed by atoms with Gasteiger partial charge in [0.25, 0.3) is 0 Å². The molecule has 1 atom stereocenters. The minimum absolute atomic E-state index is 0.394. The van der Waals surface area contributed by atoms with E-state index in [0.717, 1.165) is 48.6 Å². The molecule has 0 saturated carbocycles. The van der Waals surface area contributed by atoms with Crippen molar-refractivity contribution in [3.05, 3.63) is 93.6 Å². The summed E-state index contributed by atoms with van der Waals surface area (Å²) < 4.78 is 6.95. The van der Waals surface area contributed by atoms with E-state index < -0.39 is 23.4 Å². The number of aromatic nitrogens is 3. The Balaban J connectivity index is 1.68. The Morgan fingerprint density at radius 2 is 1.67 bits per heavy atom. The van der Waals surface area contributed by atoms with Gasteiger partial charge in [-0.15, -0.1) is 11.3 Å². The van der Waals surface area contributed by atoms with Gasteiger partial charge in [0.1, 0.15) is 5.01 Å². The second-order valence-corrected chi connectivity index (χ2v) is 11.6. The predicted octanol–water partition coefficient (Wildman–Crippen LogP) is 7.28. The fourth-order valence-corrected chi connectivity index (χ4v) is 5.72. The lowest BCUT2D eigenvalue weighted by atomic mass is 9.91. The monoisotopic (exact) mass is 559 g/mol. The van der Waals surface area contributed by atoms with Gasteiger partial charge in [0, 0.05) is 39.7 Å². The Kier molecular flexibility index (Phi) is 7.11. The molecule has 0 amide bonds. The first-order valence-electron chi connectivity index (χ1n) is 12.3. The zero-order chi connectivity index (χ0) is 27.9. The Morgan fingerprint density at radius 3 is 2.26 bits per heavy atom. The first-order valence-corrected chi connectivity index (χ1v) is 13.5. The van der Waals surface area contributed by atoms with Gasteiger partial charge < -0.3 is 14.8 Å². The van der Waals surface area contributed by atoms with Crippen molar-refractivity contribution in [1.29, 1.82) is 0 Å². The summed E-state index contributed by atoms with van der Waals surface area (Å²) in [6, 6.07) is 17.1. The number of H-pyrrole nitrogens is 1. The molecule has 0 aliphatic rings. The molecule has 5 aromatic rings. The lowest BCUT2D eigenvalue weighted by Crippen LogP contribution is -2.28. The van der Waals surface area contributed by atoms with Gasteiger partial charge in [0.2, 0.25) is 0 Å². The number of benzene rings is 3. The number of hydrogen-bond donors (Lipinski definition) is 2. The third kappa shape index (κ3) is 5.63. The second-order valence-electron chi connectivity index (χ2n) is 10.2. The number of aryl methyl sites for hydroxylation is 1. The molecule has 0 saturated heterocycles. The van der Waals surface area contributed by atoms with Gasteiger partial charge in [-0.05, 0) is 62.6 Å². The summed E-state index contributed by atoms with van der Waals surface area (Å²) in [5, 5.41) is 11.6. The first-order chi connectivity index (χ1) is 18.5. The lowest BCUT2D eigenvalue weighted by molar-refractivity contribution is -0.160. The largest absolute Gasteiger partial charge is 0.479 e. The van der Waals surface area contributed by atoms with Crippen LogP contribution in [0, 0.1) is 6.92 Å². The highest BCUT2D eigenvalue weighted by molar-refractivity contribution is 7.22. The molecule has 3 aromatic carbocycles. The van der Waals surface area contributed by atoms with Crippen LogP contribution in [0.2, 0.25) is 5.02 Å². The second kappa shape index (κ2) is 10.4. The summed E-state index contributed by atoms with van der Waals surface area (Å²) in [5.74, 6) is -1.06. The number of halogens is 1. The quantitative estimate of drug-likeness (QED) is 0.226. The smallest absolute Gasteiger partial charge is 0.344 e. The molecule has 39 heavy (non-hydrogen) atoms. The number of aromatic amines is 1. The number of carboxylic acids is 1. The number of thiazole rings is 1. The summed E-state index contributed by atoms with van der Waals surface area (Å²) in [4.78, 5) is 35.1. The van der Waals surface area contributed by atoms with Crippen molar-refractivity contribution >= 4 is 39.1 Å². The van der Waals surface area contributed by atoms with Gasteiger partial charge in [0.15, 0.2) is 6.10 Å². The van der Waals surface area contributed by atoms with E-state index in [1.807, 2.05) is 70.2 Å². The molecule has 0 fully saturated rings. The highest BCUT2D eigenvalue weighted by atomic mass is 35.5. The van der Waals surface area contributed by atoms with Gasteiger partial charge in [-0.1, -0.05) is 48.0 Å². The number of ether oxygens (including phenoxy) is 1. The van der Waals surface area contributed by atoms with Crippen LogP contribution in [0.4, 0.5) is 0 Å². The molecule has 0 bridgehead atoms. The minimum atomic E-state index is -1.17. The Hall–Kier alpha value is -3.85. The molecule has 0 radical (unpaired) electrons. The normalized spacial score (nSPS) is 12.5. The van der Waals surface area contributed by atoms with Crippen molar-refractivity contribution in [2.45, 2.75) is 39.4 Å². The van der Waals surface area contributed by atoms with E-state index in [0.29, 0.717) is 10.6 Å². The Labute approximate surface area is 234 Å². The number of aliphatic carboxylic acids is 1. The van der Waals surface area contributed by atoms with Crippen molar-refractivity contribution in [1.82, 2.24) is 15.0 Å². The topological polar surface area (TPSA) is 105 Å². The SMILES string of the molecule is Cc1cc2nc(-c3ccc(-c4cnc(=O)[nH]c4)cc3)sc2c(-c2ccc(Cl)cc2)c1[C@H](OC(C)(C)C)C(=O)O. The molecule has 2 N–H and O–H groups in total. The molecule has 0 aliphatic carbocycles. The first kappa shape index (κ1) is 26.7. The number of carboxylic acid groups (broad SMARTS) is 1. The number of fused-ring (bicyclic) bond motifs is 1. The summed E-state index contributed by atoms with van der Waals surface area (Å²) >= 11 is 7.68. The summed E-state index contributed by atoms with van der Waals surface area (Å²) in [5.41, 5.74) is 5.32. The predicted molar refractivity (Wildman–Crippen MR) is 155 cm³/mol. The third-order valence-electron chi connectivity index (χ3n) is 6.16. The highest BCUT2D eigenvalue weighted by Gasteiger charge is 2.32. The van der Waals surface area contributed by atoms with E-state index in [2.05, 4.69) is 9.97 Å². The van der Waals surface area contributed by atoms with E-state index in [4.69, 9.17) is 21.3 Å². The molecule has 2 aromatic heterocycles. The molecule has 198 valence electrons. The fourth-order valence-electron chi connectivity index (χ4n) is 4.47. The zero-order valence-electron chi connectivity index (χ0n) is 21.8. The van der Waals surface area contributed by atoms with Crippen LogP contribution in [0.25, 0.3) is 43.0 Å². The number of rotatable bonds is 6. The third-order valence-corrected chi connectivity index (χ3v) is 7.55. The molecule has 5 rings (SSSR count). The van der Waals surface area contributed by atoms with Gasteiger partial charge in [0.05, 0.1) is 15.8 Å². The van der Waals surface area contributed by atoms with E-state index >= 15 is 0 Å². The molecule has 2 heterocycles. The average Bonchev–Trinajstić information content (AvgIpc) is 3.31. The molecule has 9 heteroatoms. The zero-order valence-corrected chi connectivity index (χ0v) is 23.4. The van der Waals surface area contributed by atoms with Crippen LogP contribution >= 0.6 is 22.9 Å². The highest BCUT2D eigenvalue weighted by Crippen LogP contribution is 2.44. The molecule has 0 unspecified atom stereocenters. The van der Waals surface area contributed by atoms with Crippen molar-refractivity contribution in [2.24, 2.45) is 0 Å². The maximum absolute atomic E-state index is 12.5. The van der Waals surface area contributed by atoms with Crippen LogP contribution in [-0.2, 0) is 9.53 Å². The Morgan fingerprint density at radius 1 is 1.03 bits per heavy atom. The van der Waals surface area contributed by atoms with Gasteiger partial charge >= 0.3 is 11.7 Å². The van der Waals surface area contributed by atoms with Crippen LogP contribution < -0.4 is 5.69 Å². The van der Waals surface area contributed by atoms with Crippen molar-refractivity contribution in [2.75, 3.05) is 0 Å². The van der Waals surface area contributed by atoms with E-state index in [1.54, 1.807) is 18.3 Å². The number of nitrogens with one attached hydrogen (secondary N) is 1. The molecular weight excluding hydrogens is 534 g/mol. The maximum Gasteiger partial charge on any atom is 0.344 e. The molecule has 0 spiro atoms. The van der Waals surface area contributed by atoms with Crippen LogP contribution in [0.1, 0.15) is 38.0 Å². The van der Waals surface area contributed by atoms with Crippen LogP contribution in [0.15, 0.2) is 71.8 Å². The van der Waals surface area contributed by atoms with Crippen LogP contribution in [0.3, 0.4) is 0 Å². The Bertz CT molecular complexity index is 1720.